The second kappa shape index (κ2) is 4.47. The van der Waals surface area contributed by atoms with E-state index >= 15 is 0 Å². The predicted octanol–water partition coefficient (Wildman–Crippen LogP) is 1.85. The van der Waals surface area contributed by atoms with Crippen molar-refractivity contribution in [2.75, 3.05) is 30.4 Å². The van der Waals surface area contributed by atoms with Crippen LogP contribution in [0.1, 0.15) is 12.8 Å². The SMILES string of the molecule is Nc1cccnc1N1CCC[C@@H](CF)C1. The molecule has 82 valence electrons. The lowest BCUT2D eigenvalue weighted by atomic mass is 9.99. The minimum absolute atomic E-state index is 0.139. The van der Waals surface area contributed by atoms with E-state index in [1.165, 1.54) is 0 Å². The largest absolute Gasteiger partial charge is 0.396 e. The second-order valence-electron chi connectivity index (χ2n) is 4.02. The molecule has 4 heteroatoms. The van der Waals surface area contributed by atoms with Crippen LogP contribution < -0.4 is 10.6 Å². The van der Waals surface area contributed by atoms with Gasteiger partial charge in [-0.05, 0) is 25.0 Å². The van der Waals surface area contributed by atoms with E-state index in [9.17, 15) is 4.39 Å². The van der Waals surface area contributed by atoms with E-state index in [1.807, 2.05) is 12.1 Å². The van der Waals surface area contributed by atoms with Gasteiger partial charge in [0.15, 0.2) is 5.82 Å². The quantitative estimate of drug-likeness (QED) is 0.808. The topological polar surface area (TPSA) is 42.1 Å². The number of piperidine rings is 1. The number of nitrogen functional groups attached to an aromatic ring is 1. The first kappa shape index (κ1) is 10.2. The number of rotatable bonds is 2. The van der Waals surface area contributed by atoms with E-state index in [0.717, 1.165) is 31.7 Å². The van der Waals surface area contributed by atoms with Gasteiger partial charge in [-0.1, -0.05) is 0 Å². The van der Waals surface area contributed by atoms with Gasteiger partial charge in [0.05, 0.1) is 12.4 Å². The zero-order valence-corrected chi connectivity index (χ0v) is 8.69. The highest BCUT2D eigenvalue weighted by molar-refractivity contribution is 5.62. The molecule has 1 aliphatic heterocycles. The van der Waals surface area contributed by atoms with Gasteiger partial charge in [0.25, 0.3) is 0 Å². The van der Waals surface area contributed by atoms with Crippen molar-refractivity contribution in [3.05, 3.63) is 18.3 Å². The lowest BCUT2D eigenvalue weighted by molar-refractivity contribution is 0.315. The molecule has 1 aromatic heterocycles. The minimum Gasteiger partial charge on any atom is -0.396 e. The zero-order chi connectivity index (χ0) is 10.7. The Morgan fingerprint density at radius 2 is 2.47 bits per heavy atom. The van der Waals surface area contributed by atoms with Crippen LogP contribution in [0.5, 0.6) is 0 Å². The Labute approximate surface area is 89.1 Å². The summed E-state index contributed by atoms with van der Waals surface area (Å²) in [5.74, 6) is 0.941. The number of aromatic nitrogens is 1. The van der Waals surface area contributed by atoms with Crippen LogP contribution in [0.15, 0.2) is 18.3 Å². The average molecular weight is 209 g/mol. The van der Waals surface area contributed by atoms with E-state index < -0.39 is 0 Å². The number of pyridine rings is 1. The molecule has 1 saturated heterocycles. The molecule has 1 fully saturated rings. The molecule has 0 bridgehead atoms. The van der Waals surface area contributed by atoms with E-state index in [0.29, 0.717) is 5.69 Å². The minimum atomic E-state index is -0.247. The molecule has 3 nitrogen and oxygen atoms in total. The number of alkyl halides is 1. The molecule has 0 radical (unpaired) electrons. The van der Waals surface area contributed by atoms with Crippen molar-refractivity contribution in [1.82, 2.24) is 4.98 Å². The first-order valence-electron chi connectivity index (χ1n) is 5.32. The van der Waals surface area contributed by atoms with E-state index in [1.54, 1.807) is 6.20 Å². The van der Waals surface area contributed by atoms with Crippen molar-refractivity contribution >= 4 is 11.5 Å². The fourth-order valence-corrected chi connectivity index (χ4v) is 2.06. The van der Waals surface area contributed by atoms with Crippen molar-refractivity contribution in [2.45, 2.75) is 12.8 Å². The summed E-state index contributed by atoms with van der Waals surface area (Å²) in [6, 6.07) is 3.65. The molecule has 2 N–H and O–H groups in total. The first-order chi connectivity index (χ1) is 7.31. The van der Waals surface area contributed by atoms with Crippen molar-refractivity contribution in [1.29, 1.82) is 0 Å². The van der Waals surface area contributed by atoms with Crippen molar-refractivity contribution < 1.29 is 4.39 Å². The summed E-state index contributed by atoms with van der Waals surface area (Å²) in [6.45, 7) is 1.42. The molecule has 0 spiro atoms. The van der Waals surface area contributed by atoms with Gasteiger partial charge in [-0.2, -0.15) is 0 Å². The number of anilines is 2. The highest BCUT2D eigenvalue weighted by atomic mass is 19.1. The van der Waals surface area contributed by atoms with Gasteiger partial charge in [0.2, 0.25) is 0 Å². The van der Waals surface area contributed by atoms with Crippen LogP contribution in [-0.4, -0.2) is 24.7 Å². The molecule has 0 aliphatic carbocycles. The highest BCUT2D eigenvalue weighted by Gasteiger charge is 2.21. The molecular weight excluding hydrogens is 193 g/mol. The van der Waals surface area contributed by atoms with Crippen LogP contribution in [0.2, 0.25) is 0 Å². The number of hydrogen-bond acceptors (Lipinski definition) is 3. The van der Waals surface area contributed by atoms with E-state index in [-0.39, 0.29) is 12.6 Å². The maximum absolute atomic E-state index is 12.6. The second-order valence-corrected chi connectivity index (χ2v) is 4.02. The van der Waals surface area contributed by atoms with Crippen LogP contribution >= 0.6 is 0 Å². The number of nitrogens with two attached hydrogens (primary N) is 1. The third-order valence-corrected chi connectivity index (χ3v) is 2.85. The first-order valence-corrected chi connectivity index (χ1v) is 5.32. The van der Waals surface area contributed by atoms with Crippen molar-refractivity contribution in [3.63, 3.8) is 0 Å². The number of nitrogens with zero attached hydrogens (tertiary/aromatic N) is 2. The normalized spacial score (nSPS) is 21.7. The molecule has 0 aromatic carbocycles. The molecule has 0 unspecified atom stereocenters. The van der Waals surface area contributed by atoms with Gasteiger partial charge in [-0.3, -0.25) is 4.39 Å². The maximum Gasteiger partial charge on any atom is 0.151 e. The van der Waals surface area contributed by atoms with Crippen LogP contribution in [0.3, 0.4) is 0 Å². The van der Waals surface area contributed by atoms with Crippen LogP contribution in [0.4, 0.5) is 15.9 Å². The standard InChI is InChI=1S/C11H16FN3/c12-7-9-3-2-6-15(8-9)11-10(13)4-1-5-14-11/h1,4-5,9H,2-3,6-8,13H2/t9-/m0/s1. The average Bonchev–Trinajstić information content (AvgIpc) is 2.30. The monoisotopic (exact) mass is 209 g/mol. The summed E-state index contributed by atoms with van der Waals surface area (Å²) < 4.78 is 12.6. The van der Waals surface area contributed by atoms with Gasteiger partial charge in [0.1, 0.15) is 0 Å². The highest BCUT2D eigenvalue weighted by Crippen LogP contribution is 2.25. The van der Waals surface area contributed by atoms with Crippen molar-refractivity contribution in [3.8, 4) is 0 Å². The Bertz CT molecular complexity index is 329. The summed E-state index contributed by atoms with van der Waals surface area (Å²) in [6.07, 6.45) is 3.72. The third kappa shape index (κ3) is 2.19. The molecule has 2 rings (SSSR count). The fourth-order valence-electron chi connectivity index (χ4n) is 2.06. The number of hydrogen-bond donors (Lipinski definition) is 1. The number of halogens is 1. The summed E-state index contributed by atoms with van der Waals surface area (Å²) >= 11 is 0. The predicted molar refractivity (Wildman–Crippen MR) is 59.6 cm³/mol. The molecule has 2 heterocycles. The smallest absolute Gasteiger partial charge is 0.151 e. The van der Waals surface area contributed by atoms with Crippen LogP contribution in [0, 0.1) is 5.92 Å². The molecule has 0 amide bonds. The summed E-state index contributed by atoms with van der Waals surface area (Å²) in [5.41, 5.74) is 6.52. The molecule has 1 atom stereocenters. The Balaban J connectivity index is 2.13. The Kier molecular flexibility index (Phi) is 3.04. The molecule has 1 aliphatic rings. The van der Waals surface area contributed by atoms with Crippen LogP contribution in [0.25, 0.3) is 0 Å². The molecule has 0 saturated carbocycles. The summed E-state index contributed by atoms with van der Waals surface area (Å²) in [7, 11) is 0. The van der Waals surface area contributed by atoms with Gasteiger partial charge in [0, 0.05) is 25.2 Å². The van der Waals surface area contributed by atoms with Crippen LogP contribution in [-0.2, 0) is 0 Å². The Morgan fingerprint density at radius 3 is 3.20 bits per heavy atom. The van der Waals surface area contributed by atoms with E-state index in [2.05, 4.69) is 9.88 Å². The fraction of sp³-hybridized carbons (Fsp3) is 0.545. The van der Waals surface area contributed by atoms with E-state index in [4.69, 9.17) is 5.73 Å². The van der Waals surface area contributed by atoms with Crippen molar-refractivity contribution in [2.24, 2.45) is 5.92 Å². The van der Waals surface area contributed by atoms with Gasteiger partial charge in [-0.15, -0.1) is 0 Å². The van der Waals surface area contributed by atoms with Gasteiger partial charge >= 0.3 is 0 Å². The zero-order valence-electron chi connectivity index (χ0n) is 8.69. The molecular formula is C11H16FN3. The van der Waals surface area contributed by atoms with Gasteiger partial charge in [-0.25, -0.2) is 4.98 Å². The maximum atomic E-state index is 12.6. The Hall–Kier alpha value is -1.32. The third-order valence-electron chi connectivity index (χ3n) is 2.85. The lowest BCUT2D eigenvalue weighted by Gasteiger charge is -2.32. The van der Waals surface area contributed by atoms with Gasteiger partial charge < -0.3 is 10.6 Å². The summed E-state index contributed by atoms with van der Waals surface area (Å²) in [4.78, 5) is 6.34. The molecule has 1 aromatic rings. The Morgan fingerprint density at radius 1 is 1.60 bits per heavy atom. The molecule has 15 heavy (non-hydrogen) atoms. The summed E-state index contributed by atoms with van der Waals surface area (Å²) in [5, 5.41) is 0. The lowest BCUT2D eigenvalue weighted by Crippen LogP contribution is -2.37.